The van der Waals surface area contributed by atoms with Crippen molar-refractivity contribution in [2.45, 2.75) is 6.92 Å². The molecule has 0 aliphatic heterocycles. The van der Waals surface area contributed by atoms with Crippen LogP contribution in [0.1, 0.15) is 16.1 Å². The highest BCUT2D eigenvalue weighted by atomic mass is 16.3. The highest BCUT2D eigenvalue weighted by Crippen LogP contribution is 2.09. The number of furan rings is 1. The largest absolute Gasteiger partial charge is 0.461 e. The van der Waals surface area contributed by atoms with E-state index < -0.39 is 5.78 Å². The molecule has 0 radical (unpaired) electrons. The quantitative estimate of drug-likeness (QED) is 0.293. The first-order valence-electron chi connectivity index (χ1n) is 5.64. The number of hydrazone groups is 1. The third-order valence-corrected chi connectivity index (χ3v) is 2.41. The van der Waals surface area contributed by atoms with Crippen LogP contribution in [0.4, 0.5) is 5.69 Å². The van der Waals surface area contributed by atoms with Gasteiger partial charge in [0.25, 0.3) is 5.78 Å². The Hall–Kier alpha value is -2.69. The number of carbonyl (C=O) groups is 2. The van der Waals surface area contributed by atoms with Crippen molar-refractivity contribution in [3.05, 3.63) is 54.0 Å². The van der Waals surface area contributed by atoms with Gasteiger partial charge in [-0.15, -0.1) is 0 Å². The van der Waals surface area contributed by atoms with Crippen molar-refractivity contribution in [1.82, 2.24) is 0 Å². The van der Waals surface area contributed by atoms with Gasteiger partial charge < -0.3 is 4.42 Å². The van der Waals surface area contributed by atoms with Crippen LogP contribution >= 0.6 is 0 Å². The van der Waals surface area contributed by atoms with Crippen LogP contribution in [0.2, 0.25) is 0 Å². The molecule has 0 atom stereocenters. The summed E-state index contributed by atoms with van der Waals surface area (Å²) in [7, 11) is 0. The highest BCUT2D eigenvalue weighted by Gasteiger charge is 2.16. The molecule has 0 saturated heterocycles. The Labute approximate surface area is 109 Å². The Morgan fingerprint density at radius 1 is 1.32 bits per heavy atom. The van der Waals surface area contributed by atoms with Crippen LogP contribution in [0.3, 0.4) is 0 Å². The van der Waals surface area contributed by atoms with Crippen molar-refractivity contribution in [1.29, 1.82) is 0 Å². The monoisotopic (exact) mass is 256 g/mol. The summed E-state index contributed by atoms with van der Waals surface area (Å²) in [5, 5.41) is 3.80. The normalized spacial score (nSPS) is 11.1. The number of anilines is 1. The second-order valence-corrected chi connectivity index (χ2v) is 3.90. The van der Waals surface area contributed by atoms with Gasteiger partial charge in [0, 0.05) is 0 Å². The van der Waals surface area contributed by atoms with E-state index in [2.05, 4.69) is 10.5 Å². The maximum absolute atomic E-state index is 11.8. The molecule has 1 N–H and O–H groups in total. The van der Waals surface area contributed by atoms with Gasteiger partial charge in [-0.05, 0) is 36.8 Å². The highest BCUT2D eigenvalue weighted by molar-refractivity contribution is 6.63. The van der Waals surface area contributed by atoms with Gasteiger partial charge in [0.2, 0.25) is 0 Å². The number of Topliss-reactive ketones (excluding diaryl/α,β-unsaturated/α-hetero) is 1. The van der Waals surface area contributed by atoms with E-state index in [1.807, 2.05) is 25.1 Å². The van der Waals surface area contributed by atoms with Gasteiger partial charge in [-0.25, -0.2) is 0 Å². The van der Waals surface area contributed by atoms with E-state index in [4.69, 9.17) is 4.42 Å². The SMILES string of the molecule is Cc1cccc(NN=C(C=O)C(=O)c2ccco2)c1. The molecule has 2 aromatic rings. The second-order valence-electron chi connectivity index (χ2n) is 3.90. The van der Waals surface area contributed by atoms with E-state index in [-0.39, 0.29) is 11.5 Å². The van der Waals surface area contributed by atoms with E-state index in [1.165, 1.54) is 12.3 Å². The van der Waals surface area contributed by atoms with Crippen molar-refractivity contribution in [2.24, 2.45) is 5.10 Å². The molecule has 5 heteroatoms. The van der Waals surface area contributed by atoms with Crippen molar-refractivity contribution in [3.63, 3.8) is 0 Å². The zero-order valence-corrected chi connectivity index (χ0v) is 10.3. The summed E-state index contributed by atoms with van der Waals surface area (Å²) in [5.41, 5.74) is 4.18. The van der Waals surface area contributed by atoms with Gasteiger partial charge in [0.1, 0.15) is 0 Å². The molecular formula is C14H12N2O3. The molecule has 0 spiro atoms. The summed E-state index contributed by atoms with van der Waals surface area (Å²) in [6.45, 7) is 1.93. The molecular weight excluding hydrogens is 244 g/mol. The lowest BCUT2D eigenvalue weighted by Crippen LogP contribution is -2.16. The average molecular weight is 256 g/mol. The molecule has 1 heterocycles. The van der Waals surface area contributed by atoms with Crippen LogP contribution in [-0.2, 0) is 4.79 Å². The lowest BCUT2D eigenvalue weighted by molar-refractivity contribution is -0.102. The molecule has 5 nitrogen and oxygen atoms in total. The van der Waals surface area contributed by atoms with Crippen LogP contribution in [0.5, 0.6) is 0 Å². The summed E-state index contributed by atoms with van der Waals surface area (Å²) < 4.78 is 4.93. The molecule has 2 rings (SSSR count). The first kappa shape index (κ1) is 12.8. The van der Waals surface area contributed by atoms with Crippen LogP contribution in [0.25, 0.3) is 0 Å². The number of carbonyl (C=O) groups excluding carboxylic acids is 2. The number of aldehydes is 1. The van der Waals surface area contributed by atoms with Gasteiger partial charge in [0.15, 0.2) is 17.8 Å². The van der Waals surface area contributed by atoms with Crippen molar-refractivity contribution >= 4 is 23.5 Å². The fourth-order valence-electron chi connectivity index (χ4n) is 1.50. The first-order chi connectivity index (χ1) is 9.20. The Bertz CT molecular complexity index is 615. The molecule has 96 valence electrons. The molecule has 0 bridgehead atoms. The van der Waals surface area contributed by atoms with E-state index in [1.54, 1.807) is 12.1 Å². The lowest BCUT2D eigenvalue weighted by atomic mass is 10.2. The Balaban J connectivity index is 2.16. The number of aryl methyl sites for hydroxylation is 1. The van der Waals surface area contributed by atoms with Gasteiger partial charge in [-0.1, -0.05) is 12.1 Å². The zero-order chi connectivity index (χ0) is 13.7. The van der Waals surface area contributed by atoms with E-state index in [0.717, 1.165) is 5.56 Å². The molecule has 0 aliphatic carbocycles. The fourth-order valence-corrected chi connectivity index (χ4v) is 1.50. The number of hydrogen-bond donors (Lipinski definition) is 1. The molecule has 1 aromatic heterocycles. The third kappa shape index (κ3) is 3.16. The molecule has 0 amide bonds. The molecule has 0 saturated carbocycles. The fraction of sp³-hybridized carbons (Fsp3) is 0.0714. The summed E-state index contributed by atoms with van der Waals surface area (Å²) in [6, 6.07) is 10.5. The Kier molecular flexibility index (Phi) is 3.87. The molecule has 19 heavy (non-hydrogen) atoms. The minimum Gasteiger partial charge on any atom is -0.461 e. The Morgan fingerprint density at radius 3 is 2.79 bits per heavy atom. The van der Waals surface area contributed by atoms with E-state index in [9.17, 15) is 9.59 Å². The van der Waals surface area contributed by atoms with Crippen molar-refractivity contribution < 1.29 is 14.0 Å². The number of nitrogens with zero attached hydrogens (tertiary/aromatic N) is 1. The van der Waals surface area contributed by atoms with Gasteiger partial charge in [-0.2, -0.15) is 5.10 Å². The maximum atomic E-state index is 11.8. The Morgan fingerprint density at radius 2 is 2.16 bits per heavy atom. The topological polar surface area (TPSA) is 71.7 Å². The molecule has 1 aromatic carbocycles. The van der Waals surface area contributed by atoms with Crippen LogP contribution in [0.15, 0.2) is 52.2 Å². The summed E-state index contributed by atoms with van der Waals surface area (Å²) >= 11 is 0. The third-order valence-electron chi connectivity index (χ3n) is 2.41. The number of ketones is 1. The van der Waals surface area contributed by atoms with Gasteiger partial charge >= 0.3 is 0 Å². The number of hydrogen-bond acceptors (Lipinski definition) is 5. The van der Waals surface area contributed by atoms with Crippen LogP contribution in [-0.4, -0.2) is 17.8 Å². The number of rotatable bonds is 5. The predicted octanol–water partition coefficient (Wildman–Crippen LogP) is 2.44. The first-order valence-corrected chi connectivity index (χ1v) is 5.64. The second kappa shape index (κ2) is 5.77. The van der Waals surface area contributed by atoms with Crippen LogP contribution < -0.4 is 5.43 Å². The standard InChI is InChI=1S/C14H12N2O3/c1-10-4-2-5-11(8-10)15-16-12(9-17)14(18)13-6-3-7-19-13/h2-9,15H,1H3. The molecule has 0 aliphatic rings. The summed E-state index contributed by atoms with van der Waals surface area (Å²) in [4.78, 5) is 22.7. The van der Waals surface area contributed by atoms with Crippen molar-refractivity contribution in [2.75, 3.05) is 5.43 Å². The predicted molar refractivity (Wildman–Crippen MR) is 71.3 cm³/mol. The maximum Gasteiger partial charge on any atom is 0.251 e. The smallest absolute Gasteiger partial charge is 0.251 e. The van der Waals surface area contributed by atoms with E-state index >= 15 is 0 Å². The van der Waals surface area contributed by atoms with E-state index in [0.29, 0.717) is 12.0 Å². The lowest BCUT2D eigenvalue weighted by Gasteiger charge is -2.02. The van der Waals surface area contributed by atoms with Gasteiger partial charge in [-0.3, -0.25) is 15.0 Å². The molecule has 0 fully saturated rings. The van der Waals surface area contributed by atoms with Gasteiger partial charge in [0.05, 0.1) is 12.0 Å². The minimum atomic E-state index is -0.555. The minimum absolute atomic E-state index is 0.0805. The molecule has 0 unspecified atom stereocenters. The number of nitrogens with one attached hydrogen (secondary N) is 1. The zero-order valence-electron chi connectivity index (χ0n) is 10.3. The van der Waals surface area contributed by atoms with Crippen molar-refractivity contribution in [3.8, 4) is 0 Å². The summed E-state index contributed by atoms with van der Waals surface area (Å²) in [5.74, 6) is -0.475. The number of benzene rings is 1. The summed E-state index contributed by atoms with van der Waals surface area (Å²) in [6.07, 6.45) is 1.76. The average Bonchev–Trinajstić information content (AvgIpc) is 2.93. The van der Waals surface area contributed by atoms with Crippen LogP contribution in [0, 0.1) is 6.92 Å².